The van der Waals surface area contributed by atoms with E-state index in [0.29, 0.717) is 12.2 Å². The van der Waals surface area contributed by atoms with Crippen molar-refractivity contribution in [1.29, 1.82) is 0 Å². The number of benzene rings is 3. The van der Waals surface area contributed by atoms with Crippen LogP contribution in [0.15, 0.2) is 54.6 Å². The summed E-state index contributed by atoms with van der Waals surface area (Å²) < 4.78 is 11.0. The van der Waals surface area contributed by atoms with Gasteiger partial charge in [-0.05, 0) is 83.8 Å². The van der Waals surface area contributed by atoms with Gasteiger partial charge in [0.25, 0.3) is 0 Å². The standard InChI is InChI=1S/C27H25NO3.H2/c1-17-2-3-18(12-22(17)19-4-6-23-20(14-19)8-11-28-23)13-26(29)27(9-10-27)21-5-7-24-25(15-21)31-16-30-24;/h2-7,12,14-15,28H,8-11,13,16H2,1H3;1H. The van der Waals surface area contributed by atoms with Gasteiger partial charge in [0.05, 0.1) is 5.41 Å². The van der Waals surface area contributed by atoms with Gasteiger partial charge < -0.3 is 14.8 Å². The van der Waals surface area contributed by atoms with Gasteiger partial charge in [-0.3, -0.25) is 4.79 Å². The Labute approximate surface area is 183 Å². The monoisotopic (exact) mass is 413 g/mol. The number of rotatable bonds is 5. The van der Waals surface area contributed by atoms with Crippen molar-refractivity contribution in [2.24, 2.45) is 0 Å². The molecule has 2 heterocycles. The highest BCUT2D eigenvalue weighted by molar-refractivity contribution is 5.95. The average molecular weight is 414 g/mol. The maximum Gasteiger partial charge on any atom is 0.231 e. The molecule has 1 N–H and O–H groups in total. The first-order valence-electron chi connectivity index (χ1n) is 11.0. The van der Waals surface area contributed by atoms with Gasteiger partial charge in [0.15, 0.2) is 11.5 Å². The fraction of sp³-hybridized carbons (Fsp3) is 0.296. The lowest BCUT2D eigenvalue weighted by atomic mass is 9.86. The largest absolute Gasteiger partial charge is 0.454 e. The summed E-state index contributed by atoms with van der Waals surface area (Å²) in [6.45, 7) is 3.40. The van der Waals surface area contributed by atoms with Crippen LogP contribution >= 0.6 is 0 Å². The van der Waals surface area contributed by atoms with Gasteiger partial charge in [0.1, 0.15) is 5.78 Å². The average Bonchev–Trinajstić information content (AvgIpc) is 3.24. The van der Waals surface area contributed by atoms with Crippen LogP contribution in [-0.4, -0.2) is 19.1 Å². The molecule has 3 aromatic rings. The molecule has 4 nitrogen and oxygen atoms in total. The van der Waals surface area contributed by atoms with Crippen LogP contribution in [0.3, 0.4) is 0 Å². The number of ether oxygens (including phenoxy) is 2. The quantitative estimate of drug-likeness (QED) is 0.604. The van der Waals surface area contributed by atoms with E-state index < -0.39 is 0 Å². The molecule has 6 rings (SSSR count). The highest BCUT2D eigenvalue weighted by Crippen LogP contribution is 2.51. The summed E-state index contributed by atoms with van der Waals surface area (Å²) in [6.07, 6.45) is 3.33. The first-order valence-corrected chi connectivity index (χ1v) is 11.0. The number of nitrogens with one attached hydrogen (secondary N) is 1. The second-order valence-corrected chi connectivity index (χ2v) is 8.95. The van der Waals surface area contributed by atoms with Crippen LogP contribution < -0.4 is 14.8 Å². The van der Waals surface area contributed by atoms with Crippen LogP contribution in [0.2, 0.25) is 0 Å². The van der Waals surface area contributed by atoms with Crippen molar-refractivity contribution in [2.75, 3.05) is 18.7 Å². The van der Waals surface area contributed by atoms with Crippen LogP contribution in [0.1, 0.15) is 36.5 Å². The highest BCUT2D eigenvalue weighted by Gasteiger charge is 2.50. The molecule has 0 bridgehead atoms. The molecular weight excluding hydrogens is 386 g/mol. The van der Waals surface area contributed by atoms with Crippen LogP contribution in [-0.2, 0) is 23.1 Å². The van der Waals surface area contributed by atoms with Gasteiger partial charge in [-0.2, -0.15) is 0 Å². The maximum absolute atomic E-state index is 13.4. The summed E-state index contributed by atoms with van der Waals surface area (Å²) in [5.41, 5.74) is 8.06. The van der Waals surface area contributed by atoms with Crippen LogP contribution in [0, 0.1) is 6.92 Å². The molecule has 2 aliphatic heterocycles. The lowest BCUT2D eigenvalue weighted by Crippen LogP contribution is -2.22. The van der Waals surface area contributed by atoms with Crippen molar-refractivity contribution in [3.8, 4) is 22.6 Å². The lowest BCUT2D eigenvalue weighted by molar-refractivity contribution is -0.120. The molecule has 0 amide bonds. The third-order valence-corrected chi connectivity index (χ3v) is 7.00. The summed E-state index contributed by atoms with van der Waals surface area (Å²) in [6, 6.07) is 19.0. The molecule has 0 aromatic heterocycles. The van der Waals surface area contributed by atoms with Gasteiger partial charge >= 0.3 is 0 Å². The third kappa shape index (κ3) is 3.09. The van der Waals surface area contributed by atoms with E-state index in [2.05, 4.69) is 48.6 Å². The molecule has 1 saturated carbocycles. The molecule has 31 heavy (non-hydrogen) atoms. The summed E-state index contributed by atoms with van der Waals surface area (Å²) >= 11 is 0. The van der Waals surface area contributed by atoms with Crippen molar-refractivity contribution in [1.82, 2.24) is 0 Å². The fourth-order valence-electron chi connectivity index (χ4n) is 4.96. The highest BCUT2D eigenvalue weighted by atomic mass is 16.7. The predicted octanol–water partition coefficient (Wildman–Crippen LogP) is 5.45. The molecule has 0 saturated heterocycles. The zero-order valence-corrected chi connectivity index (χ0v) is 17.7. The third-order valence-electron chi connectivity index (χ3n) is 7.00. The van der Waals surface area contributed by atoms with Crippen molar-refractivity contribution in [3.05, 3.63) is 76.9 Å². The van der Waals surface area contributed by atoms with Crippen LogP contribution in [0.4, 0.5) is 5.69 Å². The topological polar surface area (TPSA) is 47.6 Å². The molecule has 1 fully saturated rings. The Kier molecular flexibility index (Phi) is 4.10. The maximum atomic E-state index is 13.4. The molecular formula is C27H27NO3. The van der Waals surface area contributed by atoms with E-state index in [-0.39, 0.29) is 13.6 Å². The van der Waals surface area contributed by atoms with Gasteiger partial charge in [-0.15, -0.1) is 0 Å². The molecule has 0 atom stereocenters. The lowest BCUT2D eigenvalue weighted by Gasteiger charge is -2.16. The van der Waals surface area contributed by atoms with E-state index in [1.807, 2.05) is 18.2 Å². The van der Waals surface area contributed by atoms with Crippen molar-refractivity contribution in [3.63, 3.8) is 0 Å². The van der Waals surface area contributed by atoms with Gasteiger partial charge in [0.2, 0.25) is 6.79 Å². The van der Waals surface area contributed by atoms with E-state index in [4.69, 9.17) is 9.47 Å². The first-order chi connectivity index (χ1) is 15.1. The second kappa shape index (κ2) is 6.88. The zero-order chi connectivity index (χ0) is 21.0. The number of carbonyl (C=O) groups is 1. The number of ketones is 1. The smallest absolute Gasteiger partial charge is 0.231 e. The van der Waals surface area contributed by atoms with E-state index in [0.717, 1.165) is 48.4 Å². The van der Waals surface area contributed by atoms with Crippen LogP contribution in [0.5, 0.6) is 11.5 Å². The molecule has 0 unspecified atom stereocenters. The molecule has 0 spiro atoms. The molecule has 3 aliphatic rings. The fourth-order valence-corrected chi connectivity index (χ4v) is 4.96. The predicted molar refractivity (Wildman–Crippen MR) is 123 cm³/mol. The minimum Gasteiger partial charge on any atom is -0.454 e. The van der Waals surface area contributed by atoms with E-state index in [1.54, 1.807) is 0 Å². The van der Waals surface area contributed by atoms with Gasteiger partial charge in [-0.25, -0.2) is 0 Å². The normalized spacial score (nSPS) is 17.2. The Balaban J connectivity index is 0.00000216. The summed E-state index contributed by atoms with van der Waals surface area (Å²) in [4.78, 5) is 13.4. The number of carbonyl (C=O) groups excluding carboxylic acids is 1. The second-order valence-electron chi connectivity index (χ2n) is 8.95. The minimum atomic E-state index is -0.370. The molecule has 0 radical (unpaired) electrons. The van der Waals surface area contributed by atoms with E-state index in [9.17, 15) is 4.79 Å². The Hall–Kier alpha value is -3.27. The van der Waals surface area contributed by atoms with E-state index in [1.165, 1.54) is 27.9 Å². The number of hydrogen-bond acceptors (Lipinski definition) is 4. The SMILES string of the molecule is Cc1ccc(CC(=O)C2(c3ccc4c(c3)OCO4)CC2)cc1-c1ccc2c(c1)CCN2.[HH]. The summed E-state index contributed by atoms with van der Waals surface area (Å²) in [5, 5.41) is 3.42. The molecule has 1 aliphatic carbocycles. The molecule has 3 aromatic carbocycles. The Morgan fingerprint density at radius 3 is 2.77 bits per heavy atom. The number of fused-ring (bicyclic) bond motifs is 2. The molecule has 4 heteroatoms. The van der Waals surface area contributed by atoms with Crippen molar-refractivity contribution in [2.45, 2.75) is 38.0 Å². The number of hydrogen-bond donors (Lipinski definition) is 1. The molecule has 158 valence electrons. The van der Waals surface area contributed by atoms with Gasteiger partial charge in [-0.1, -0.05) is 30.3 Å². The Morgan fingerprint density at radius 2 is 1.90 bits per heavy atom. The Morgan fingerprint density at radius 1 is 1.03 bits per heavy atom. The zero-order valence-electron chi connectivity index (χ0n) is 17.7. The van der Waals surface area contributed by atoms with Crippen LogP contribution in [0.25, 0.3) is 11.1 Å². The minimum absolute atomic E-state index is 0. The summed E-state index contributed by atoms with van der Waals surface area (Å²) in [7, 11) is 0. The van der Waals surface area contributed by atoms with Gasteiger partial charge in [0, 0.05) is 20.1 Å². The number of anilines is 1. The number of aryl methyl sites for hydroxylation is 1. The summed E-state index contributed by atoms with van der Waals surface area (Å²) in [5.74, 6) is 1.80. The number of Topliss-reactive ketones (excluding diaryl/α,β-unsaturated/α-hetero) is 1. The first kappa shape index (κ1) is 18.5. The van der Waals surface area contributed by atoms with Crippen molar-refractivity contribution < 1.29 is 15.7 Å². The van der Waals surface area contributed by atoms with E-state index >= 15 is 0 Å². The Bertz CT molecular complexity index is 1220. The van der Waals surface area contributed by atoms with Crippen molar-refractivity contribution >= 4 is 11.5 Å².